The van der Waals surface area contributed by atoms with E-state index < -0.39 is 0 Å². The molecule has 1 aromatic heterocycles. The van der Waals surface area contributed by atoms with Crippen molar-refractivity contribution in [3.8, 4) is 17.0 Å². The van der Waals surface area contributed by atoms with Gasteiger partial charge in [0, 0.05) is 23.2 Å². The number of benzene rings is 1. The van der Waals surface area contributed by atoms with E-state index >= 15 is 0 Å². The topological polar surface area (TPSA) is 47.4 Å². The molecule has 0 spiro atoms. The van der Waals surface area contributed by atoms with E-state index in [1.807, 2.05) is 16.9 Å². The van der Waals surface area contributed by atoms with E-state index in [1.54, 1.807) is 0 Å². The van der Waals surface area contributed by atoms with Crippen molar-refractivity contribution in [3.63, 3.8) is 0 Å². The van der Waals surface area contributed by atoms with E-state index in [1.165, 1.54) is 24.8 Å². The molecule has 0 atom stereocenters. The van der Waals surface area contributed by atoms with Gasteiger partial charge in [-0.25, -0.2) is 0 Å². The van der Waals surface area contributed by atoms with Gasteiger partial charge < -0.3 is 9.64 Å². The smallest absolute Gasteiger partial charge is 0.244 e. The summed E-state index contributed by atoms with van der Waals surface area (Å²) in [5.74, 6) is 1.04. The van der Waals surface area contributed by atoms with Gasteiger partial charge in [-0.3, -0.25) is 9.48 Å². The summed E-state index contributed by atoms with van der Waals surface area (Å²) < 4.78 is 7.73. The lowest BCUT2D eigenvalue weighted by Crippen LogP contribution is -2.47. The fourth-order valence-corrected chi connectivity index (χ4v) is 4.55. The van der Waals surface area contributed by atoms with E-state index in [9.17, 15) is 4.79 Å². The van der Waals surface area contributed by atoms with Crippen molar-refractivity contribution < 1.29 is 9.53 Å². The summed E-state index contributed by atoms with van der Waals surface area (Å²) in [6.07, 6.45) is 7.83. The second kappa shape index (κ2) is 7.37. The summed E-state index contributed by atoms with van der Waals surface area (Å²) in [6.45, 7) is 7.12. The first-order valence-corrected chi connectivity index (χ1v) is 10.1. The maximum Gasteiger partial charge on any atom is 0.244 e. The van der Waals surface area contributed by atoms with Gasteiger partial charge in [0.2, 0.25) is 5.91 Å². The summed E-state index contributed by atoms with van der Waals surface area (Å²) in [4.78, 5) is 15.4. The van der Waals surface area contributed by atoms with Gasteiger partial charge in [-0.05, 0) is 45.7 Å². The Bertz CT molecular complexity index is 834. The molecular weight excluding hydrogens is 338 g/mol. The molecular formula is C22H29N3O2. The number of aromatic nitrogens is 2. The number of nitrogens with zero attached hydrogens (tertiary/aromatic N) is 3. The molecule has 0 radical (unpaired) electrons. The molecule has 1 fully saturated rings. The predicted octanol–water partition coefficient (Wildman–Crippen LogP) is 4.32. The van der Waals surface area contributed by atoms with Gasteiger partial charge in [-0.15, -0.1) is 0 Å². The van der Waals surface area contributed by atoms with Crippen molar-refractivity contribution >= 4 is 5.91 Å². The molecule has 2 aromatic rings. The third-order valence-electron chi connectivity index (χ3n) is 5.79. The third kappa shape index (κ3) is 3.47. The lowest BCUT2D eigenvalue weighted by molar-refractivity contribution is -0.137. The van der Waals surface area contributed by atoms with Gasteiger partial charge in [0.15, 0.2) is 0 Å². The maximum absolute atomic E-state index is 13.2. The van der Waals surface area contributed by atoms with Crippen LogP contribution >= 0.6 is 0 Å². The van der Waals surface area contributed by atoms with Gasteiger partial charge in [-0.2, -0.15) is 5.10 Å². The number of hydrogen-bond acceptors (Lipinski definition) is 3. The van der Waals surface area contributed by atoms with Crippen LogP contribution in [0.3, 0.4) is 0 Å². The number of carbonyl (C=O) groups excluding carboxylic acids is 1. The molecule has 1 amide bonds. The molecule has 4 rings (SSSR count). The van der Waals surface area contributed by atoms with Gasteiger partial charge in [0.25, 0.3) is 0 Å². The molecule has 5 nitrogen and oxygen atoms in total. The molecule has 2 heterocycles. The number of amides is 1. The Labute approximate surface area is 161 Å². The lowest BCUT2D eigenvalue weighted by Gasteiger charge is -2.37. The van der Waals surface area contributed by atoms with Crippen LogP contribution in [0.4, 0.5) is 0 Å². The van der Waals surface area contributed by atoms with E-state index in [4.69, 9.17) is 4.74 Å². The first kappa shape index (κ1) is 18.1. The average Bonchev–Trinajstić information content (AvgIpc) is 3.05. The lowest BCUT2D eigenvalue weighted by atomic mass is 9.93. The molecule has 1 aliphatic heterocycles. The summed E-state index contributed by atoms with van der Waals surface area (Å²) in [6, 6.07) is 6.77. The van der Waals surface area contributed by atoms with Crippen LogP contribution in [0.15, 0.2) is 24.4 Å². The maximum atomic E-state index is 13.2. The van der Waals surface area contributed by atoms with Crippen molar-refractivity contribution in [1.29, 1.82) is 0 Å². The summed E-state index contributed by atoms with van der Waals surface area (Å²) in [5.41, 5.74) is 4.29. The van der Waals surface area contributed by atoms with Gasteiger partial charge in [-0.1, -0.05) is 30.9 Å². The molecule has 2 aliphatic rings. The number of fused-ring (bicyclic) bond motifs is 3. The van der Waals surface area contributed by atoms with Crippen molar-refractivity contribution in [3.05, 3.63) is 35.5 Å². The Morgan fingerprint density at radius 1 is 1.30 bits per heavy atom. The highest BCUT2D eigenvalue weighted by Gasteiger charge is 2.29. The van der Waals surface area contributed by atoms with Crippen LogP contribution in [-0.4, -0.2) is 32.7 Å². The number of aryl methyl sites for hydroxylation is 1. The highest BCUT2D eigenvalue weighted by atomic mass is 16.5. The number of rotatable bonds is 4. The van der Waals surface area contributed by atoms with Crippen molar-refractivity contribution in [2.75, 3.05) is 0 Å². The Hall–Kier alpha value is -2.30. The number of hydrogen-bond donors (Lipinski definition) is 0. The molecule has 144 valence electrons. The summed E-state index contributed by atoms with van der Waals surface area (Å²) >= 11 is 0. The minimum absolute atomic E-state index is 0.170. The molecule has 1 aliphatic carbocycles. The van der Waals surface area contributed by atoms with Crippen LogP contribution in [0.1, 0.15) is 57.1 Å². The van der Waals surface area contributed by atoms with Crippen LogP contribution < -0.4 is 4.74 Å². The zero-order valence-corrected chi connectivity index (χ0v) is 16.6. The van der Waals surface area contributed by atoms with E-state index in [2.05, 4.69) is 42.9 Å². The second-order valence-electron chi connectivity index (χ2n) is 8.15. The molecule has 0 saturated heterocycles. The minimum Gasteiger partial charge on any atom is -0.488 e. The highest BCUT2D eigenvalue weighted by Crippen LogP contribution is 2.38. The Kier molecular flexibility index (Phi) is 4.94. The van der Waals surface area contributed by atoms with Gasteiger partial charge in [0.1, 0.15) is 18.9 Å². The molecule has 0 bridgehead atoms. The van der Waals surface area contributed by atoms with Crippen LogP contribution in [-0.2, 0) is 17.9 Å². The molecule has 5 heteroatoms. The molecule has 0 N–H and O–H groups in total. The Morgan fingerprint density at radius 2 is 2.07 bits per heavy atom. The molecule has 27 heavy (non-hydrogen) atoms. The number of carbonyl (C=O) groups is 1. The summed E-state index contributed by atoms with van der Waals surface area (Å²) in [5, 5.41) is 4.54. The number of ether oxygens (including phenoxy) is 1. The monoisotopic (exact) mass is 367 g/mol. The fourth-order valence-electron chi connectivity index (χ4n) is 4.55. The van der Waals surface area contributed by atoms with Crippen LogP contribution in [0.25, 0.3) is 11.3 Å². The average molecular weight is 367 g/mol. The van der Waals surface area contributed by atoms with Crippen molar-refractivity contribution in [2.45, 2.75) is 78.1 Å². The standard InChI is InChI=1S/C22H29N3O2/c1-15(2)25(18-7-5-4-6-8-18)21(26)13-24-22-17(12-23-24)14-27-20-10-9-16(3)11-19(20)22/h9-12,15,18H,4-8,13-14H2,1-3H3. The fraction of sp³-hybridized carbons (Fsp3) is 0.545. The van der Waals surface area contributed by atoms with Gasteiger partial charge in [0.05, 0.1) is 11.9 Å². The largest absolute Gasteiger partial charge is 0.488 e. The van der Waals surface area contributed by atoms with Crippen LogP contribution in [0, 0.1) is 6.92 Å². The second-order valence-corrected chi connectivity index (χ2v) is 8.15. The van der Waals surface area contributed by atoms with E-state index in [0.29, 0.717) is 12.6 Å². The normalized spacial score (nSPS) is 16.6. The van der Waals surface area contributed by atoms with Crippen LogP contribution in [0.5, 0.6) is 5.75 Å². The first-order chi connectivity index (χ1) is 13.0. The molecule has 1 aromatic carbocycles. The first-order valence-electron chi connectivity index (χ1n) is 10.1. The zero-order valence-electron chi connectivity index (χ0n) is 16.6. The summed E-state index contributed by atoms with van der Waals surface area (Å²) in [7, 11) is 0. The Morgan fingerprint density at radius 3 is 2.81 bits per heavy atom. The zero-order chi connectivity index (χ0) is 19.0. The third-order valence-corrected chi connectivity index (χ3v) is 5.79. The predicted molar refractivity (Wildman–Crippen MR) is 106 cm³/mol. The molecule has 0 unspecified atom stereocenters. The minimum atomic E-state index is 0.170. The quantitative estimate of drug-likeness (QED) is 0.808. The van der Waals surface area contributed by atoms with Crippen molar-refractivity contribution in [1.82, 2.24) is 14.7 Å². The van der Waals surface area contributed by atoms with Gasteiger partial charge >= 0.3 is 0 Å². The van der Waals surface area contributed by atoms with E-state index in [0.717, 1.165) is 35.4 Å². The highest BCUT2D eigenvalue weighted by molar-refractivity contribution is 5.79. The molecule has 1 saturated carbocycles. The Balaban J connectivity index is 1.62. The van der Waals surface area contributed by atoms with Crippen LogP contribution in [0.2, 0.25) is 0 Å². The van der Waals surface area contributed by atoms with Crippen molar-refractivity contribution in [2.24, 2.45) is 0 Å². The SMILES string of the molecule is Cc1ccc2c(c1)-c1c(cnn1CC(=O)N(C(C)C)C1CCCCC1)CO2. The van der Waals surface area contributed by atoms with E-state index in [-0.39, 0.29) is 18.5 Å².